The molecule has 0 unspecified atom stereocenters. The van der Waals surface area contributed by atoms with Crippen molar-refractivity contribution < 1.29 is 4.79 Å². The van der Waals surface area contributed by atoms with Crippen molar-refractivity contribution in [3.63, 3.8) is 0 Å². The van der Waals surface area contributed by atoms with Crippen molar-refractivity contribution in [3.05, 3.63) is 29.8 Å². The number of likely N-dealkylation sites (tertiary alicyclic amines) is 1. The van der Waals surface area contributed by atoms with Crippen molar-refractivity contribution in [3.8, 4) is 0 Å². The Labute approximate surface area is 157 Å². The molecule has 1 spiro atoms. The maximum Gasteiger partial charge on any atom is 0.221 e. The minimum absolute atomic E-state index is 0.0474. The van der Waals surface area contributed by atoms with Crippen molar-refractivity contribution >= 4 is 17.6 Å². The minimum atomic E-state index is -0.0474. The molecule has 1 aliphatic heterocycles. The summed E-state index contributed by atoms with van der Waals surface area (Å²) < 4.78 is 0. The lowest BCUT2D eigenvalue weighted by Gasteiger charge is -2.33. The van der Waals surface area contributed by atoms with Crippen LogP contribution in [0.4, 0.5) is 5.69 Å². The summed E-state index contributed by atoms with van der Waals surface area (Å²) in [7, 11) is 0. The molecular weight excluding hydrogens is 324 g/mol. The van der Waals surface area contributed by atoms with Crippen LogP contribution in [0.1, 0.15) is 57.9 Å². The molecule has 0 bridgehead atoms. The molecule has 26 heavy (non-hydrogen) atoms. The number of carbonyl (C=O) groups excluding carboxylic acids is 1. The molecule has 2 fully saturated rings. The fraction of sp³-hybridized carbons (Fsp3) is 0.619. The quantitative estimate of drug-likeness (QED) is 0.638. The molecule has 1 aliphatic carbocycles. The third-order valence-electron chi connectivity index (χ3n) is 5.65. The average molecular weight is 357 g/mol. The highest BCUT2D eigenvalue weighted by atomic mass is 16.1. The number of nitrogens with zero attached hydrogens (tertiary/aromatic N) is 2. The van der Waals surface area contributed by atoms with Gasteiger partial charge in [0.2, 0.25) is 5.91 Å². The number of anilines is 1. The van der Waals surface area contributed by atoms with Crippen LogP contribution in [-0.4, -0.2) is 36.4 Å². The van der Waals surface area contributed by atoms with Crippen molar-refractivity contribution in [2.75, 3.05) is 25.0 Å². The largest absolute Gasteiger partial charge is 0.357 e. The zero-order valence-corrected chi connectivity index (χ0v) is 16.2. The normalized spacial score (nSPS) is 19.6. The highest BCUT2D eigenvalue weighted by Crippen LogP contribution is 2.43. The van der Waals surface area contributed by atoms with Crippen molar-refractivity contribution in [1.29, 1.82) is 0 Å². The van der Waals surface area contributed by atoms with Crippen LogP contribution in [-0.2, 0) is 11.3 Å². The zero-order valence-electron chi connectivity index (χ0n) is 16.2. The van der Waals surface area contributed by atoms with E-state index >= 15 is 0 Å². The molecule has 0 aromatic heterocycles. The summed E-state index contributed by atoms with van der Waals surface area (Å²) in [5.41, 5.74) is 2.47. The molecule has 1 saturated heterocycles. The molecule has 5 heteroatoms. The molecule has 1 aromatic rings. The Morgan fingerprint density at radius 2 is 2.04 bits per heavy atom. The molecule has 1 heterocycles. The molecule has 5 nitrogen and oxygen atoms in total. The van der Waals surface area contributed by atoms with Crippen LogP contribution >= 0.6 is 0 Å². The molecule has 3 rings (SSSR count). The summed E-state index contributed by atoms with van der Waals surface area (Å²) in [5.74, 6) is 0.980. The number of rotatable bonds is 4. The second kappa shape index (κ2) is 8.56. The van der Waals surface area contributed by atoms with E-state index in [1.165, 1.54) is 45.4 Å². The lowest BCUT2D eigenvalue weighted by atomic mass is 9.73. The van der Waals surface area contributed by atoms with Gasteiger partial charge < -0.3 is 15.5 Å². The fourth-order valence-corrected chi connectivity index (χ4v) is 4.37. The zero-order chi connectivity index (χ0) is 18.4. The van der Waals surface area contributed by atoms with Crippen molar-refractivity contribution in [2.45, 2.75) is 58.9 Å². The van der Waals surface area contributed by atoms with E-state index in [-0.39, 0.29) is 5.91 Å². The SMILES string of the molecule is CCNC(=NCc1cccc(NC(C)=O)c1)N1CCC2(CCCCC2)C1. The molecule has 1 saturated carbocycles. The van der Waals surface area contributed by atoms with Crippen LogP contribution in [0.2, 0.25) is 0 Å². The van der Waals surface area contributed by atoms with Gasteiger partial charge in [-0.3, -0.25) is 4.79 Å². The van der Waals surface area contributed by atoms with Crippen molar-refractivity contribution in [1.82, 2.24) is 10.2 Å². The molecule has 2 aliphatic rings. The first kappa shape index (κ1) is 18.7. The van der Waals surface area contributed by atoms with Gasteiger partial charge in [0.05, 0.1) is 6.54 Å². The van der Waals surface area contributed by atoms with Gasteiger partial charge in [0.1, 0.15) is 0 Å². The minimum Gasteiger partial charge on any atom is -0.357 e. The smallest absolute Gasteiger partial charge is 0.221 e. The Hall–Kier alpha value is -2.04. The molecule has 0 radical (unpaired) electrons. The van der Waals surface area contributed by atoms with Crippen LogP contribution in [0.25, 0.3) is 0 Å². The molecule has 1 amide bonds. The molecule has 1 aromatic carbocycles. The standard InChI is InChI=1S/C21H32N4O/c1-3-22-20(25-13-12-21(16-25)10-5-4-6-11-21)23-15-18-8-7-9-19(14-18)24-17(2)26/h7-9,14H,3-6,10-13,15-16H2,1-2H3,(H,22,23)(H,24,26). The first-order chi connectivity index (χ1) is 12.6. The van der Waals surface area contributed by atoms with Crippen LogP contribution < -0.4 is 10.6 Å². The summed E-state index contributed by atoms with van der Waals surface area (Å²) in [6.07, 6.45) is 8.23. The van der Waals surface area contributed by atoms with E-state index in [4.69, 9.17) is 4.99 Å². The Bertz CT molecular complexity index is 649. The van der Waals surface area contributed by atoms with Gasteiger partial charge >= 0.3 is 0 Å². The van der Waals surface area contributed by atoms with E-state index < -0.39 is 0 Å². The summed E-state index contributed by atoms with van der Waals surface area (Å²) >= 11 is 0. The monoisotopic (exact) mass is 356 g/mol. The Balaban J connectivity index is 1.67. The van der Waals surface area contributed by atoms with Crippen molar-refractivity contribution in [2.24, 2.45) is 10.4 Å². The van der Waals surface area contributed by atoms with E-state index in [1.807, 2.05) is 18.2 Å². The van der Waals surface area contributed by atoms with E-state index in [0.717, 1.165) is 36.8 Å². The highest BCUT2D eigenvalue weighted by molar-refractivity contribution is 5.88. The van der Waals surface area contributed by atoms with Gasteiger partial charge in [0.15, 0.2) is 5.96 Å². The molecular formula is C21H32N4O. The van der Waals surface area contributed by atoms with Gasteiger partial charge in [-0.25, -0.2) is 4.99 Å². The second-order valence-corrected chi connectivity index (χ2v) is 7.78. The van der Waals surface area contributed by atoms with E-state index in [0.29, 0.717) is 12.0 Å². The number of carbonyl (C=O) groups is 1. The Morgan fingerprint density at radius 1 is 1.23 bits per heavy atom. The lowest BCUT2D eigenvalue weighted by molar-refractivity contribution is -0.114. The average Bonchev–Trinajstić information content (AvgIpc) is 3.02. The number of hydrogen-bond acceptors (Lipinski definition) is 2. The van der Waals surface area contributed by atoms with Gasteiger partial charge in [0, 0.05) is 32.2 Å². The maximum absolute atomic E-state index is 11.2. The number of benzene rings is 1. The number of nitrogens with one attached hydrogen (secondary N) is 2. The number of aliphatic imine (C=N–C) groups is 1. The predicted molar refractivity (Wildman–Crippen MR) is 107 cm³/mol. The Kier molecular flexibility index (Phi) is 6.17. The molecule has 2 N–H and O–H groups in total. The lowest BCUT2D eigenvalue weighted by Crippen LogP contribution is -2.41. The second-order valence-electron chi connectivity index (χ2n) is 7.78. The number of amides is 1. The van der Waals surface area contributed by atoms with Gasteiger partial charge in [-0.2, -0.15) is 0 Å². The third kappa shape index (κ3) is 4.77. The number of hydrogen-bond donors (Lipinski definition) is 2. The summed E-state index contributed by atoms with van der Waals surface area (Å²) in [4.78, 5) is 18.6. The van der Waals surface area contributed by atoms with Crippen LogP contribution in [0.15, 0.2) is 29.3 Å². The fourth-order valence-electron chi connectivity index (χ4n) is 4.37. The predicted octanol–water partition coefficient (Wildman–Crippen LogP) is 3.77. The summed E-state index contributed by atoms with van der Waals surface area (Å²) in [6.45, 7) is 7.41. The Morgan fingerprint density at radius 3 is 2.77 bits per heavy atom. The first-order valence-electron chi connectivity index (χ1n) is 10.00. The van der Waals surface area contributed by atoms with E-state index in [1.54, 1.807) is 0 Å². The summed E-state index contributed by atoms with van der Waals surface area (Å²) in [6, 6.07) is 7.94. The van der Waals surface area contributed by atoms with Gasteiger partial charge in [-0.05, 0) is 49.3 Å². The molecule has 142 valence electrons. The van der Waals surface area contributed by atoms with Crippen LogP contribution in [0.5, 0.6) is 0 Å². The maximum atomic E-state index is 11.2. The topological polar surface area (TPSA) is 56.7 Å². The number of guanidine groups is 1. The van der Waals surface area contributed by atoms with Gasteiger partial charge in [0.25, 0.3) is 0 Å². The highest BCUT2D eigenvalue weighted by Gasteiger charge is 2.39. The van der Waals surface area contributed by atoms with E-state index in [9.17, 15) is 4.79 Å². The van der Waals surface area contributed by atoms with Gasteiger partial charge in [-0.1, -0.05) is 31.4 Å². The molecule has 0 atom stereocenters. The van der Waals surface area contributed by atoms with Crippen LogP contribution in [0, 0.1) is 5.41 Å². The van der Waals surface area contributed by atoms with E-state index in [2.05, 4.69) is 28.5 Å². The summed E-state index contributed by atoms with van der Waals surface area (Å²) in [5, 5.41) is 6.31. The van der Waals surface area contributed by atoms with Gasteiger partial charge in [-0.15, -0.1) is 0 Å². The van der Waals surface area contributed by atoms with Crippen LogP contribution in [0.3, 0.4) is 0 Å². The first-order valence-corrected chi connectivity index (χ1v) is 10.00. The third-order valence-corrected chi connectivity index (χ3v) is 5.65.